The first kappa shape index (κ1) is 18.6. The van der Waals surface area contributed by atoms with E-state index in [1.807, 2.05) is 22.9 Å². The molecule has 1 saturated heterocycles. The van der Waals surface area contributed by atoms with Crippen molar-refractivity contribution >= 4 is 11.5 Å². The molecule has 0 bridgehead atoms. The molecule has 1 aliphatic rings. The second-order valence-electron chi connectivity index (χ2n) is 7.27. The average Bonchev–Trinajstić information content (AvgIpc) is 3.24. The summed E-state index contributed by atoms with van der Waals surface area (Å²) in [6.07, 6.45) is 8.08. The predicted molar refractivity (Wildman–Crippen MR) is 110 cm³/mol. The van der Waals surface area contributed by atoms with E-state index in [0.717, 1.165) is 35.8 Å². The van der Waals surface area contributed by atoms with E-state index in [-0.39, 0.29) is 0 Å². The first-order chi connectivity index (χ1) is 14.7. The molecule has 4 aromatic rings. The number of ether oxygens (including phenoxy) is 1. The van der Waals surface area contributed by atoms with E-state index in [2.05, 4.69) is 27.0 Å². The molecule has 0 amide bonds. The van der Waals surface area contributed by atoms with Gasteiger partial charge in [0.25, 0.3) is 0 Å². The summed E-state index contributed by atoms with van der Waals surface area (Å²) in [6.45, 7) is 2.89. The minimum Gasteiger partial charge on any atom is -0.378 e. The van der Waals surface area contributed by atoms with E-state index < -0.39 is 5.95 Å². The van der Waals surface area contributed by atoms with Crippen molar-refractivity contribution in [3.05, 3.63) is 83.7 Å². The van der Waals surface area contributed by atoms with Crippen LogP contribution < -0.4 is 4.90 Å². The van der Waals surface area contributed by atoms with E-state index in [4.69, 9.17) is 14.7 Å². The van der Waals surface area contributed by atoms with Gasteiger partial charge in [-0.2, -0.15) is 4.39 Å². The van der Waals surface area contributed by atoms with Crippen molar-refractivity contribution < 1.29 is 9.13 Å². The molecule has 152 valence electrons. The lowest BCUT2D eigenvalue weighted by Gasteiger charge is -2.28. The zero-order valence-electron chi connectivity index (χ0n) is 16.4. The second-order valence-corrected chi connectivity index (χ2v) is 7.27. The summed E-state index contributed by atoms with van der Waals surface area (Å²) in [6, 6.07) is 9.58. The van der Waals surface area contributed by atoms with Gasteiger partial charge >= 0.3 is 0 Å². The van der Waals surface area contributed by atoms with Crippen LogP contribution in [-0.4, -0.2) is 50.6 Å². The van der Waals surface area contributed by atoms with Crippen molar-refractivity contribution in [3.8, 4) is 0 Å². The Bertz CT molecular complexity index is 1170. The first-order valence-electron chi connectivity index (χ1n) is 9.95. The van der Waals surface area contributed by atoms with Gasteiger partial charge in [0.2, 0.25) is 5.95 Å². The van der Waals surface area contributed by atoms with E-state index >= 15 is 0 Å². The molecular formula is C22H21FN6O. The van der Waals surface area contributed by atoms with Crippen LogP contribution in [0, 0.1) is 5.95 Å². The van der Waals surface area contributed by atoms with Gasteiger partial charge < -0.3 is 14.0 Å². The largest absolute Gasteiger partial charge is 0.378 e. The summed E-state index contributed by atoms with van der Waals surface area (Å²) in [5, 5.41) is 0. The quantitative estimate of drug-likeness (QED) is 0.477. The fourth-order valence-corrected chi connectivity index (χ4v) is 3.65. The van der Waals surface area contributed by atoms with E-state index in [0.29, 0.717) is 37.4 Å². The van der Waals surface area contributed by atoms with E-state index in [1.165, 1.54) is 6.20 Å². The van der Waals surface area contributed by atoms with Crippen LogP contribution in [-0.2, 0) is 17.6 Å². The second kappa shape index (κ2) is 8.16. The molecule has 0 aromatic carbocycles. The maximum atomic E-state index is 14.1. The molecule has 1 fully saturated rings. The maximum Gasteiger partial charge on any atom is 0.216 e. The Balaban J connectivity index is 1.48. The average molecular weight is 404 g/mol. The van der Waals surface area contributed by atoms with Crippen LogP contribution in [0.4, 0.5) is 10.2 Å². The fraction of sp³-hybridized carbons (Fsp3) is 0.273. The van der Waals surface area contributed by atoms with Crippen LogP contribution in [0.1, 0.15) is 22.6 Å². The van der Waals surface area contributed by atoms with Gasteiger partial charge in [0.1, 0.15) is 17.3 Å². The SMILES string of the molecule is Fc1ncccc1Cc1nc(Cc2ccn3ccnc3c2)cc(N2CCOCC2)n1. The molecule has 5 rings (SSSR count). The number of rotatable bonds is 5. The number of hydrogen-bond acceptors (Lipinski definition) is 6. The summed E-state index contributed by atoms with van der Waals surface area (Å²) >= 11 is 0. The van der Waals surface area contributed by atoms with Crippen LogP contribution in [0.25, 0.3) is 5.65 Å². The number of hydrogen-bond donors (Lipinski definition) is 0. The third kappa shape index (κ3) is 3.99. The summed E-state index contributed by atoms with van der Waals surface area (Å²) in [5.41, 5.74) is 3.38. The van der Waals surface area contributed by atoms with Crippen molar-refractivity contribution in [1.29, 1.82) is 0 Å². The highest BCUT2D eigenvalue weighted by Crippen LogP contribution is 2.19. The molecule has 0 radical (unpaired) electrons. The highest BCUT2D eigenvalue weighted by molar-refractivity contribution is 5.45. The van der Waals surface area contributed by atoms with Crippen LogP contribution >= 0.6 is 0 Å². The number of nitrogens with zero attached hydrogens (tertiary/aromatic N) is 6. The van der Waals surface area contributed by atoms with Gasteiger partial charge in [0, 0.05) is 62.3 Å². The molecule has 0 spiro atoms. The molecule has 5 heterocycles. The van der Waals surface area contributed by atoms with Gasteiger partial charge in [0.15, 0.2) is 0 Å². The standard InChI is InChI=1S/C22H21FN6O/c23-22-17(2-1-4-25-22)14-19-26-18(15-21(27-19)29-8-10-30-11-9-29)12-16-3-6-28-7-5-24-20(28)13-16/h1-7,13,15H,8-12,14H2. The lowest BCUT2D eigenvalue weighted by molar-refractivity contribution is 0.122. The summed E-state index contributed by atoms with van der Waals surface area (Å²) in [5.74, 6) is 0.955. The molecule has 8 heteroatoms. The molecule has 1 aliphatic heterocycles. The zero-order valence-corrected chi connectivity index (χ0v) is 16.4. The first-order valence-corrected chi connectivity index (χ1v) is 9.95. The monoisotopic (exact) mass is 404 g/mol. The number of anilines is 1. The van der Waals surface area contributed by atoms with Gasteiger partial charge in [-0.1, -0.05) is 6.07 Å². The fourth-order valence-electron chi connectivity index (χ4n) is 3.65. The maximum absolute atomic E-state index is 14.1. The normalized spacial score (nSPS) is 14.4. The molecule has 0 N–H and O–H groups in total. The molecule has 4 aromatic heterocycles. The summed E-state index contributed by atoms with van der Waals surface area (Å²) < 4.78 is 21.5. The van der Waals surface area contributed by atoms with Crippen LogP contribution in [0.15, 0.2) is 55.1 Å². The number of fused-ring (bicyclic) bond motifs is 1. The van der Waals surface area contributed by atoms with Crippen molar-refractivity contribution in [3.63, 3.8) is 0 Å². The molecule has 7 nitrogen and oxygen atoms in total. The predicted octanol–water partition coefficient (Wildman–Crippen LogP) is 2.68. The molecule has 0 atom stereocenters. The number of pyridine rings is 2. The van der Waals surface area contributed by atoms with Gasteiger partial charge in [0.05, 0.1) is 18.9 Å². The number of morpholine rings is 1. The molecule has 30 heavy (non-hydrogen) atoms. The van der Waals surface area contributed by atoms with Gasteiger partial charge in [-0.25, -0.2) is 19.9 Å². The number of imidazole rings is 1. The third-order valence-corrected chi connectivity index (χ3v) is 5.18. The summed E-state index contributed by atoms with van der Waals surface area (Å²) in [4.78, 5) is 19.7. The van der Waals surface area contributed by atoms with Crippen LogP contribution in [0.3, 0.4) is 0 Å². The lowest BCUT2D eigenvalue weighted by Crippen LogP contribution is -2.37. The smallest absolute Gasteiger partial charge is 0.216 e. The van der Waals surface area contributed by atoms with Crippen molar-refractivity contribution in [2.45, 2.75) is 12.8 Å². The molecule has 0 aliphatic carbocycles. The highest BCUT2D eigenvalue weighted by Gasteiger charge is 2.16. The number of aromatic nitrogens is 5. The molecular weight excluding hydrogens is 383 g/mol. The Hall–Kier alpha value is -3.39. The highest BCUT2D eigenvalue weighted by atomic mass is 19.1. The van der Waals surface area contributed by atoms with E-state index in [9.17, 15) is 4.39 Å². The Labute approximate surface area is 173 Å². The lowest BCUT2D eigenvalue weighted by atomic mass is 10.1. The minimum atomic E-state index is -0.482. The Morgan fingerprint density at radius 1 is 0.967 bits per heavy atom. The van der Waals surface area contributed by atoms with Crippen molar-refractivity contribution in [2.24, 2.45) is 0 Å². The Morgan fingerprint density at radius 2 is 1.87 bits per heavy atom. The minimum absolute atomic E-state index is 0.296. The van der Waals surface area contributed by atoms with Gasteiger partial charge in [-0.05, 0) is 23.8 Å². The molecule has 0 saturated carbocycles. The topological polar surface area (TPSA) is 68.4 Å². The van der Waals surface area contributed by atoms with Crippen LogP contribution in [0.2, 0.25) is 0 Å². The summed E-state index contributed by atoms with van der Waals surface area (Å²) in [7, 11) is 0. The van der Waals surface area contributed by atoms with Crippen LogP contribution in [0.5, 0.6) is 0 Å². The Morgan fingerprint density at radius 3 is 2.73 bits per heavy atom. The van der Waals surface area contributed by atoms with E-state index in [1.54, 1.807) is 18.3 Å². The van der Waals surface area contributed by atoms with Crippen molar-refractivity contribution in [2.75, 3.05) is 31.2 Å². The number of halogens is 1. The van der Waals surface area contributed by atoms with Crippen molar-refractivity contribution in [1.82, 2.24) is 24.3 Å². The Kier molecular flexibility index (Phi) is 5.06. The third-order valence-electron chi connectivity index (χ3n) is 5.18. The van der Waals surface area contributed by atoms with Gasteiger partial charge in [-0.3, -0.25) is 0 Å². The zero-order chi connectivity index (χ0) is 20.3. The van der Waals surface area contributed by atoms with Gasteiger partial charge in [-0.15, -0.1) is 0 Å². The molecule has 0 unspecified atom stereocenters.